The van der Waals surface area contributed by atoms with Crippen molar-refractivity contribution >= 4 is 17.2 Å². The number of ether oxygens (including phenoxy) is 2. The highest BCUT2D eigenvalue weighted by Gasteiger charge is 2.16. The van der Waals surface area contributed by atoms with E-state index in [2.05, 4.69) is 10.4 Å². The van der Waals surface area contributed by atoms with E-state index in [1.165, 1.54) is 11.3 Å². The van der Waals surface area contributed by atoms with Crippen molar-refractivity contribution in [2.24, 2.45) is 5.84 Å². The van der Waals surface area contributed by atoms with Gasteiger partial charge in [-0.25, -0.2) is 10.8 Å². The standard InChI is InChI=1S/C13H15N3O3S/c1-3-19-11-8(5-4-6-10(11)18-2)13-15-9(7-20-13)12(17)16-14/h4-7H,3,14H2,1-2H3,(H,16,17). The van der Waals surface area contributed by atoms with Crippen molar-refractivity contribution in [2.75, 3.05) is 13.7 Å². The molecule has 0 saturated heterocycles. The second-order valence-corrected chi connectivity index (χ2v) is 4.64. The third-order valence-corrected chi connectivity index (χ3v) is 3.46. The number of nitrogens with zero attached hydrogens (tertiary/aromatic N) is 1. The van der Waals surface area contributed by atoms with E-state index in [0.29, 0.717) is 23.1 Å². The zero-order valence-corrected chi connectivity index (χ0v) is 12.0. The first-order chi connectivity index (χ1) is 9.71. The molecule has 1 heterocycles. The molecule has 2 rings (SSSR count). The lowest BCUT2D eigenvalue weighted by atomic mass is 10.2. The molecule has 0 saturated carbocycles. The van der Waals surface area contributed by atoms with Gasteiger partial charge < -0.3 is 9.47 Å². The fourth-order valence-corrected chi connectivity index (χ4v) is 2.54. The number of rotatable bonds is 5. The number of nitrogens with one attached hydrogen (secondary N) is 1. The van der Waals surface area contributed by atoms with Gasteiger partial charge in [-0.1, -0.05) is 6.07 Å². The number of methoxy groups -OCH3 is 1. The van der Waals surface area contributed by atoms with Crippen molar-refractivity contribution in [1.82, 2.24) is 10.4 Å². The lowest BCUT2D eigenvalue weighted by molar-refractivity contribution is 0.0949. The van der Waals surface area contributed by atoms with Gasteiger partial charge in [0.1, 0.15) is 10.7 Å². The van der Waals surface area contributed by atoms with Gasteiger partial charge in [-0.3, -0.25) is 10.2 Å². The number of hydrogen-bond donors (Lipinski definition) is 2. The minimum Gasteiger partial charge on any atom is -0.493 e. The van der Waals surface area contributed by atoms with Gasteiger partial charge in [-0.2, -0.15) is 0 Å². The SMILES string of the molecule is CCOc1c(OC)cccc1-c1nc(C(=O)NN)cs1. The Bertz CT molecular complexity index is 613. The van der Waals surface area contributed by atoms with E-state index >= 15 is 0 Å². The first-order valence-corrected chi connectivity index (χ1v) is 6.85. The molecule has 0 aliphatic rings. The quantitative estimate of drug-likeness (QED) is 0.499. The summed E-state index contributed by atoms with van der Waals surface area (Å²) in [7, 11) is 1.58. The Balaban J connectivity index is 2.46. The number of carbonyl (C=O) groups is 1. The second kappa shape index (κ2) is 6.36. The minimum atomic E-state index is -0.423. The van der Waals surface area contributed by atoms with E-state index in [1.54, 1.807) is 12.5 Å². The number of benzene rings is 1. The molecule has 0 aliphatic carbocycles. The van der Waals surface area contributed by atoms with Crippen LogP contribution in [-0.4, -0.2) is 24.6 Å². The fraction of sp³-hybridized carbons (Fsp3) is 0.231. The Hall–Kier alpha value is -2.12. The van der Waals surface area contributed by atoms with Crippen molar-refractivity contribution < 1.29 is 14.3 Å². The first-order valence-electron chi connectivity index (χ1n) is 5.97. The molecule has 0 atom stereocenters. The molecule has 6 nitrogen and oxygen atoms in total. The topological polar surface area (TPSA) is 86.5 Å². The van der Waals surface area contributed by atoms with Gasteiger partial charge in [0, 0.05) is 5.38 Å². The van der Waals surface area contributed by atoms with Gasteiger partial charge in [-0.05, 0) is 19.1 Å². The Morgan fingerprint density at radius 3 is 2.95 bits per heavy atom. The summed E-state index contributed by atoms with van der Waals surface area (Å²) in [5.41, 5.74) is 3.12. The number of hydrogen-bond acceptors (Lipinski definition) is 6. The van der Waals surface area contributed by atoms with Crippen LogP contribution < -0.4 is 20.7 Å². The van der Waals surface area contributed by atoms with Crippen molar-refractivity contribution in [1.29, 1.82) is 0 Å². The van der Waals surface area contributed by atoms with Crippen LogP contribution in [0, 0.1) is 0 Å². The summed E-state index contributed by atoms with van der Waals surface area (Å²) >= 11 is 1.34. The number of aromatic nitrogens is 1. The minimum absolute atomic E-state index is 0.276. The maximum atomic E-state index is 11.4. The lowest BCUT2D eigenvalue weighted by Gasteiger charge is -2.12. The fourth-order valence-electron chi connectivity index (χ4n) is 1.71. The molecule has 7 heteroatoms. The molecule has 2 aromatic rings. The summed E-state index contributed by atoms with van der Waals surface area (Å²) in [4.78, 5) is 15.7. The molecular weight excluding hydrogens is 278 g/mol. The van der Waals surface area contributed by atoms with Crippen molar-refractivity contribution in [3.63, 3.8) is 0 Å². The molecule has 1 aromatic heterocycles. The average molecular weight is 293 g/mol. The molecule has 3 N–H and O–H groups in total. The maximum Gasteiger partial charge on any atom is 0.284 e. The third-order valence-electron chi connectivity index (χ3n) is 2.59. The Morgan fingerprint density at radius 2 is 2.30 bits per heavy atom. The molecule has 0 bridgehead atoms. The van der Waals surface area contributed by atoms with Crippen LogP contribution in [0.15, 0.2) is 23.6 Å². The number of amides is 1. The summed E-state index contributed by atoms with van der Waals surface area (Å²) in [6.07, 6.45) is 0. The summed E-state index contributed by atoms with van der Waals surface area (Å²) in [5.74, 6) is 5.92. The van der Waals surface area contributed by atoms with Crippen LogP contribution in [0.1, 0.15) is 17.4 Å². The molecule has 0 aliphatic heterocycles. The van der Waals surface area contributed by atoms with Crippen LogP contribution in [0.25, 0.3) is 10.6 Å². The third kappa shape index (κ3) is 2.73. The second-order valence-electron chi connectivity index (χ2n) is 3.78. The van der Waals surface area contributed by atoms with Crippen LogP contribution in [0.3, 0.4) is 0 Å². The molecule has 0 unspecified atom stereocenters. The van der Waals surface area contributed by atoms with Crippen molar-refractivity contribution in [3.05, 3.63) is 29.3 Å². The Kier molecular flexibility index (Phi) is 4.54. The van der Waals surface area contributed by atoms with Crippen LogP contribution in [0.2, 0.25) is 0 Å². The largest absolute Gasteiger partial charge is 0.493 e. The summed E-state index contributed by atoms with van der Waals surface area (Å²) in [5, 5.41) is 2.32. The zero-order chi connectivity index (χ0) is 14.5. The van der Waals surface area contributed by atoms with Crippen molar-refractivity contribution in [3.8, 4) is 22.1 Å². The number of nitrogens with two attached hydrogens (primary N) is 1. The maximum absolute atomic E-state index is 11.4. The number of para-hydroxylation sites is 1. The smallest absolute Gasteiger partial charge is 0.284 e. The van der Waals surface area contributed by atoms with Gasteiger partial charge in [-0.15, -0.1) is 11.3 Å². The molecule has 0 radical (unpaired) electrons. The van der Waals surface area contributed by atoms with Crippen LogP contribution in [0.5, 0.6) is 11.5 Å². The normalized spacial score (nSPS) is 10.2. The van der Waals surface area contributed by atoms with Gasteiger partial charge in [0.05, 0.1) is 19.3 Å². The molecular formula is C13H15N3O3S. The number of carbonyl (C=O) groups excluding carboxylic acids is 1. The Labute approximate surface area is 120 Å². The molecule has 0 fully saturated rings. The zero-order valence-electron chi connectivity index (χ0n) is 11.2. The lowest BCUT2D eigenvalue weighted by Crippen LogP contribution is -2.30. The summed E-state index contributed by atoms with van der Waals surface area (Å²) in [6.45, 7) is 2.40. The molecule has 0 spiro atoms. The van der Waals surface area contributed by atoms with E-state index in [4.69, 9.17) is 15.3 Å². The highest BCUT2D eigenvalue weighted by Crippen LogP contribution is 2.39. The van der Waals surface area contributed by atoms with Crippen LogP contribution in [-0.2, 0) is 0 Å². The van der Waals surface area contributed by atoms with E-state index in [9.17, 15) is 4.79 Å². The average Bonchev–Trinajstić information content (AvgIpc) is 2.96. The summed E-state index contributed by atoms with van der Waals surface area (Å²) < 4.78 is 10.9. The highest BCUT2D eigenvalue weighted by atomic mass is 32.1. The van der Waals surface area contributed by atoms with Gasteiger partial charge in [0.15, 0.2) is 11.5 Å². The highest BCUT2D eigenvalue weighted by molar-refractivity contribution is 7.13. The van der Waals surface area contributed by atoms with Crippen LogP contribution >= 0.6 is 11.3 Å². The number of thiazole rings is 1. The number of nitrogen functional groups attached to an aromatic ring is 1. The first kappa shape index (κ1) is 14.3. The molecule has 20 heavy (non-hydrogen) atoms. The molecule has 1 amide bonds. The number of hydrazine groups is 1. The van der Waals surface area contributed by atoms with E-state index in [0.717, 1.165) is 5.56 Å². The van der Waals surface area contributed by atoms with E-state index in [-0.39, 0.29) is 5.69 Å². The van der Waals surface area contributed by atoms with Crippen molar-refractivity contribution in [2.45, 2.75) is 6.92 Å². The van der Waals surface area contributed by atoms with Crippen LogP contribution in [0.4, 0.5) is 0 Å². The summed E-state index contributed by atoms with van der Waals surface area (Å²) in [6, 6.07) is 5.53. The van der Waals surface area contributed by atoms with E-state index < -0.39 is 5.91 Å². The molecule has 1 aromatic carbocycles. The van der Waals surface area contributed by atoms with Gasteiger partial charge in [0.2, 0.25) is 0 Å². The Morgan fingerprint density at radius 1 is 1.50 bits per heavy atom. The predicted octanol–water partition coefficient (Wildman–Crippen LogP) is 1.82. The van der Waals surface area contributed by atoms with Gasteiger partial charge in [0.25, 0.3) is 5.91 Å². The molecule has 106 valence electrons. The predicted molar refractivity (Wildman–Crippen MR) is 76.9 cm³/mol. The van der Waals surface area contributed by atoms with E-state index in [1.807, 2.05) is 25.1 Å². The van der Waals surface area contributed by atoms with Gasteiger partial charge >= 0.3 is 0 Å². The monoisotopic (exact) mass is 293 g/mol.